The van der Waals surface area contributed by atoms with Crippen LogP contribution in [0.1, 0.15) is 0 Å². The summed E-state index contributed by atoms with van der Waals surface area (Å²) in [6, 6.07) is 0. The van der Waals surface area contributed by atoms with Gasteiger partial charge in [-0.15, -0.1) is 0 Å². The summed E-state index contributed by atoms with van der Waals surface area (Å²) in [6.07, 6.45) is 0. The first-order valence-electron chi connectivity index (χ1n) is 3.92. The van der Waals surface area contributed by atoms with Crippen molar-refractivity contribution in [3.05, 3.63) is 0 Å². The van der Waals surface area contributed by atoms with Gasteiger partial charge in [0.2, 0.25) is 11.6 Å². The van der Waals surface area contributed by atoms with Crippen molar-refractivity contribution in [2.45, 2.75) is 0 Å². The highest BCUT2D eigenvalue weighted by molar-refractivity contribution is 5.82. The van der Waals surface area contributed by atoms with Crippen molar-refractivity contribution in [2.24, 2.45) is 0 Å². The van der Waals surface area contributed by atoms with Crippen LogP contribution in [0.25, 0.3) is 11.2 Å². The SMILES string of the molecule is Nc1nc(NCCO)c2nonc2n1. The van der Waals surface area contributed by atoms with Gasteiger partial charge in [-0.25, -0.2) is 4.63 Å². The molecule has 0 saturated carbocycles. The predicted molar refractivity (Wildman–Crippen MR) is 47.4 cm³/mol. The third kappa shape index (κ3) is 1.42. The Hall–Kier alpha value is -1.96. The number of nitrogens with one attached hydrogen (secondary N) is 1. The number of fused-ring (bicyclic) bond motifs is 1. The first kappa shape index (κ1) is 8.63. The summed E-state index contributed by atoms with van der Waals surface area (Å²) in [5.74, 6) is 0.483. The molecule has 74 valence electrons. The Balaban J connectivity index is 2.44. The van der Waals surface area contributed by atoms with Crippen LogP contribution < -0.4 is 11.1 Å². The van der Waals surface area contributed by atoms with Crippen molar-refractivity contribution >= 4 is 22.9 Å². The highest BCUT2D eigenvalue weighted by Crippen LogP contribution is 2.16. The van der Waals surface area contributed by atoms with Gasteiger partial charge in [0.1, 0.15) is 0 Å². The van der Waals surface area contributed by atoms with Crippen LogP contribution in [0.4, 0.5) is 11.8 Å². The highest BCUT2D eigenvalue weighted by atomic mass is 16.6. The topological polar surface area (TPSA) is 123 Å². The first-order chi connectivity index (χ1) is 6.81. The average molecular weight is 196 g/mol. The molecule has 2 aromatic rings. The maximum Gasteiger partial charge on any atom is 0.231 e. The van der Waals surface area contributed by atoms with E-state index in [1.54, 1.807) is 0 Å². The van der Waals surface area contributed by atoms with E-state index in [-0.39, 0.29) is 18.2 Å². The highest BCUT2D eigenvalue weighted by Gasteiger charge is 2.10. The van der Waals surface area contributed by atoms with Crippen molar-refractivity contribution in [2.75, 3.05) is 24.2 Å². The first-order valence-corrected chi connectivity index (χ1v) is 3.92. The molecule has 0 amide bonds. The summed E-state index contributed by atoms with van der Waals surface area (Å²) in [7, 11) is 0. The smallest absolute Gasteiger partial charge is 0.231 e. The molecule has 0 aromatic carbocycles. The molecule has 4 N–H and O–H groups in total. The summed E-state index contributed by atoms with van der Waals surface area (Å²) < 4.78 is 4.48. The Kier molecular flexibility index (Phi) is 2.11. The molecule has 8 heteroatoms. The molecule has 2 heterocycles. The zero-order chi connectivity index (χ0) is 9.97. The number of hydrogen-bond acceptors (Lipinski definition) is 8. The fourth-order valence-electron chi connectivity index (χ4n) is 1.01. The third-order valence-electron chi connectivity index (χ3n) is 1.55. The molecule has 0 radical (unpaired) electrons. The molecule has 0 aliphatic heterocycles. The van der Waals surface area contributed by atoms with Gasteiger partial charge in [0.25, 0.3) is 0 Å². The number of nitrogen functional groups attached to an aromatic ring is 1. The molecule has 0 saturated heterocycles. The lowest BCUT2D eigenvalue weighted by Crippen LogP contribution is -2.09. The van der Waals surface area contributed by atoms with Crippen LogP contribution in [0.3, 0.4) is 0 Å². The minimum absolute atomic E-state index is 0.0172. The number of rotatable bonds is 3. The fourth-order valence-corrected chi connectivity index (χ4v) is 1.01. The molecule has 0 bridgehead atoms. The molecule has 8 nitrogen and oxygen atoms in total. The second kappa shape index (κ2) is 3.42. The van der Waals surface area contributed by atoms with Gasteiger partial charge in [0, 0.05) is 6.54 Å². The van der Waals surface area contributed by atoms with Crippen LogP contribution in [0.5, 0.6) is 0 Å². The van der Waals surface area contributed by atoms with E-state index in [0.29, 0.717) is 17.9 Å². The summed E-state index contributed by atoms with van der Waals surface area (Å²) in [5.41, 5.74) is 6.11. The van der Waals surface area contributed by atoms with E-state index in [4.69, 9.17) is 10.8 Å². The fraction of sp³-hybridized carbons (Fsp3) is 0.333. The molecule has 0 atom stereocenters. The molecular formula is C6H8N6O2. The van der Waals surface area contributed by atoms with Gasteiger partial charge in [-0.2, -0.15) is 9.97 Å². The third-order valence-corrected chi connectivity index (χ3v) is 1.55. The monoisotopic (exact) mass is 196 g/mol. The molecular weight excluding hydrogens is 188 g/mol. The lowest BCUT2D eigenvalue weighted by Gasteiger charge is -2.02. The Labute approximate surface area is 78.1 Å². The number of nitrogens with zero attached hydrogens (tertiary/aromatic N) is 4. The van der Waals surface area contributed by atoms with Crippen molar-refractivity contribution in [1.82, 2.24) is 20.3 Å². The molecule has 0 fully saturated rings. The van der Waals surface area contributed by atoms with E-state index in [2.05, 4.69) is 30.2 Å². The second-order valence-corrected chi connectivity index (χ2v) is 2.52. The number of aliphatic hydroxyl groups is 1. The molecule has 0 spiro atoms. The standard InChI is InChI=1S/C6H8N6O2/c7-6-9-4(8-1-2-13)3-5(10-6)12-14-11-3/h13H,1-2H2,(H3,7,8,9,10,12). The van der Waals surface area contributed by atoms with E-state index in [0.717, 1.165) is 0 Å². The molecule has 14 heavy (non-hydrogen) atoms. The molecule has 2 rings (SSSR count). The lowest BCUT2D eigenvalue weighted by molar-refractivity contribution is 0.310. The summed E-state index contributed by atoms with van der Waals surface area (Å²) in [4.78, 5) is 7.69. The number of aromatic nitrogens is 4. The van der Waals surface area contributed by atoms with E-state index in [1.807, 2.05) is 0 Å². The van der Waals surface area contributed by atoms with Gasteiger partial charge in [-0.1, -0.05) is 0 Å². The van der Waals surface area contributed by atoms with Crippen molar-refractivity contribution < 1.29 is 9.74 Å². The van der Waals surface area contributed by atoms with Gasteiger partial charge >= 0.3 is 0 Å². The van der Waals surface area contributed by atoms with E-state index >= 15 is 0 Å². The number of anilines is 2. The Bertz CT molecular complexity index is 441. The average Bonchev–Trinajstić information content (AvgIpc) is 2.61. The van der Waals surface area contributed by atoms with Gasteiger partial charge in [0.05, 0.1) is 6.61 Å². The second-order valence-electron chi connectivity index (χ2n) is 2.52. The minimum Gasteiger partial charge on any atom is -0.395 e. The van der Waals surface area contributed by atoms with Crippen LogP contribution in [0, 0.1) is 0 Å². The quantitative estimate of drug-likeness (QED) is 0.571. The van der Waals surface area contributed by atoms with Crippen LogP contribution in [-0.2, 0) is 0 Å². The summed E-state index contributed by atoms with van der Waals surface area (Å²) in [5, 5.41) is 18.6. The Morgan fingerprint density at radius 2 is 2.21 bits per heavy atom. The van der Waals surface area contributed by atoms with Crippen molar-refractivity contribution in [3.63, 3.8) is 0 Å². The van der Waals surface area contributed by atoms with Crippen LogP contribution in [-0.4, -0.2) is 38.5 Å². The summed E-state index contributed by atoms with van der Waals surface area (Å²) in [6.45, 7) is 0.328. The van der Waals surface area contributed by atoms with Crippen LogP contribution in [0.15, 0.2) is 4.63 Å². The Morgan fingerprint density at radius 1 is 1.36 bits per heavy atom. The van der Waals surface area contributed by atoms with E-state index < -0.39 is 0 Å². The van der Waals surface area contributed by atoms with Crippen LogP contribution in [0.2, 0.25) is 0 Å². The van der Waals surface area contributed by atoms with Crippen molar-refractivity contribution in [3.8, 4) is 0 Å². The van der Waals surface area contributed by atoms with E-state index in [1.165, 1.54) is 0 Å². The normalized spacial score (nSPS) is 10.6. The molecule has 0 unspecified atom stereocenters. The lowest BCUT2D eigenvalue weighted by atomic mass is 10.5. The zero-order valence-corrected chi connectivity index (χ0v) is 7.14. The van der Waals surface area contributed by atoms with E-state index in [9.17, 15) is 0 Å². The largest absolute Gasteiger partial charge is 0.395 e. The minimum atomic E-state index is -0.0172. The maximum absolute atomic E-state index is 8.62. The predicted octanol–water partition coefficient (Wildman–Crippen LogP) is -1.00. The van der Waals surface area contributed by atoms with Gasteiger partial charge in [-0.3, -0.25) is 0 Å². The molecule has 0 aliphatic rings. The number of nitrogens with two attached hydrogens (primary N) is 1. The van der Waals surface area contributed by atoms with Gasteiger partial charge in [0.15, 0.2) is 11.3 Å². The van der Waals surface area contributed by atoms with Crippen LogP contribution >= 0.6 is 0 Å². The number of hydrogen-bond donors (Lipinski definition) is 3. The summed E-state index contributed by atoms with van der Waals surface area (Å²) >= 11 is 0. The van der Waals surface area contributed by atoms with Crippen molar-refractivity contribution in [1.29, 1.82) is 0 Å². The molecule has 2 aromatic heterocycles. The van der Waals surface area contributed by atoms with Gasteiger partial charge in [-0.05, 0) is 10.3 Å². The number of aliphatic hydroxyl groups excluding tert-OH is 1. The maximum atomic E-state index is 8.62. The molecule has 0 aliphatic carbocycles. The zero-order valence-electron chi connectivity index (χ0n) is 7.14. The van der Waals surface area contributed by atoms with Gasteiger partial charge < -0.3 is 16.2 Å². The Morgan fingerprint density at radius 3 is 3.00 bits per heavy atom.